The van der Waals surface area contributed by atoms with Gasteiger partial charge >= 0.3 is 0 Å². The van der Waals surface area contributed by atoms with Crippen LogP contribution in [0.2, 0.25) is 0 Å². The Morgan fingerprint density at radius 1 is 1.50 bits per heavy atom. The Bertz CT molecular complexity index is 511. The largest absolute Gasteiger partial charge is 0.342 e. The first-order valence-electron chi connectivity index (χ1n) is 7.64. The van der Waals surface area contributed by atoms with Crippen LogP contribution in [0.1, 0.15) is 32.3 Å². The van der Waals surface area contributed by atoms with E-state index in [2.05, 4.69) is 6.92 Å². The summed E-state index contributed by atoms with van der Waals surface area (Å²) in [6.45, 7) is 6.36. The molecule has 1 aromatic carbocycles. The van der Waals surface area contributed by atoms with Crippen LogP contribution < -0.4 is 5.73 Å². The summed E-state index contributed by atoms with van der Waals surface area (Å²) in [6.07, 6.45) is 2.22. The highest BCUT2D eigenvalue weighted by Crippen LogP contribution is 2.29. The normalized spacial score (nSPS) is 22.3. The second-order valence-electron chi connectivity index (χ2n) is 6.72. The van der Waals surface area contributed by atoms with Crippen molar-refractivity contribution in [1.29, 1.82) is 0 Å². The van der Waals surface area contributed by atoms with E-state index in [9.17, 15) is 9.18 Å². The van der Waals surface area contributed by atoms with Crippen molar-refractivity contribution in [2.45, 2.75) is 33.1 Å². The lowest BCUT2D eigenvalue weighted by molar-refractivity contribution is -0.131. The van der Waals surface area contributed by atoms with E-state index in [1.165, 1.54) is 6.07 Å². The quantitative estimate of drug-likeness (QED) is 0.903. The summed E-state index contributed by atoms with van der Waals surface area (Å²) >= 11 is 0. The summed E-state index contributed by atoms with van der Waals surface area (Å²) in [5.74, 6) is 0.185. The highest BCUT2D eigenvalue weighted by atomic mass is 35.5. The number of amides is 1. The minimum absolute atomic E-state index is 0. The van der Waals surface area contributed by atoms with E-state index >= 15 is 0 Å². The third-order valence-corrected chi connectivity index (χ3v) is 4.40. The van der Waals surface area contributed by atoms with Gasteiger partial charge in [0.25, 0.3) is 0 Å². The van der Waals surface area contributed by atoms with Crippen LogP contribution in [0.5, 0.6) is 0 Å². The molecule has 1 aliphatic rings. The molecule has 0 spiro atoms. The van der Waals surface area contributed by atoms with Gasteiger partial charge in [0.15, 0.2) is 0 Å². The molecule has 0 bridgehead atoms. The molecule has 22 heavy (non-hydrogen) atoms. The standard InChI is InChI=1S/C17H25FN2O.ClH/c1-13(8-14-4-3-5-15(18)10-14)9-16(21)20-7-6-17(2,11-19)12-20;/h3-5,10,13H,6-9,11-12,19H2,1-2H3;1H. The highest BCUT2D eigenvalue weighted by Gasteiger charge is 2.34. The third-order valence-electron chi connectivity index (χ3n) is 4.40. The van der Waals surface area contributed by atoms with Crippen molar-refractivity contribution in [3.63, 3.8) is 0 Å². The summed E-state index contributed by atoms with van der Waals surface area (Å²) in [4.78, 5) is 14.3. The number of nitrogens with zero attached hydrogens (tertiary/aromatic N) is 1. The number of hydrogen-bond acceptors (Lipinski definition) is 2. The fourth-order valence-corrected chi connectivity index (χ4v) is 2.97. The second-order valence-corrected chi connectivity index (χ2v) is 6.72. The average Bonchev–Trinajstić information content (AvgIpc) is 2.82. The smallest absolute Gasteiger partial charge is 0.222 e. The highest BCUT2D eigenvalue weighted by molar-refractivity contribution is 5.85. The predicted molar refractivity (Wildman–Crippen MR) is 89.5 cm³/mol. The topological polar surface area (TPSA) is 46.3 Å². The number of halogens is 2. The number of benzene rings is 1. The minimum atomic E-state index is -0.218. The summed E-state index contributed by atoms with van der Waals surface area (Å²) in [5, 5.41) is 0. The summed E-state index contributed by atoms with van der Waals surface area (Å²) in [6, 6.07) is 6.61. The van der Waals surface area contributed by atoms with Crippen molar-refractivity contribution in [1.82, 2.24) is 4.90 Å². The molecule has 2 N–H and O–H groups in total. The van der Waals surface area contributed by atoms with Crippen molar-refractivity contribution in [2.24, 2.45) is 17.1 Å². The van der Waals surface area contributed by atoms with Gasteiger partial charge in [-0.1, -0.05) is 26.0 Å². The van der Waals surface area contributed by atoms with Crippen molar-refractivity contribution in [2.75, 3.05) is 19.6 Å². The van der Waals surface area contributed by atoms with Crippen LogP contribution in [-0.2, 0) is 11.2 Å². The van der Waals surface area contributed by atoms with Gasteiger partial charge in [-0.15, -0.1) is 12.4 Å². The molecular weight excluding hydrogens is 303 g/mol. The Morgan fingerprint density at radius 2 is 2.23 bits per heavy atom. The zero-order valence-corrected chi connectivity index (χ0v) is 14.2. The number of likely N-dealkylation sites (tertiary alicyclic amines) is 1. The molecule has 0 saturated carbocycles. The molecular formula is C17H26ClFN2O. The van der Waals surface area contributed by atoms with E-state index in [-0.39, 0.29) is 35.5 Å². The van der Waals surface area contributed by atoms with Gasteiger partial charge < -0.3 is 10.6 Å². The van der Waals surface area contributed by atoms with E-state index in [0.29, 0.717) is 13.0 Å². The zero-order chi connectivity index (χ0) is 15.5. The molecule has 1 aliphatic heterocycles. The molecule has 5 heteroatoms. The molecule has 2 atom stereocenters. The lowest BCUT2D eigenvalue weighted by Crippen LogP contribution is -2.35. The third kappa shape index (κ3) is 4.96. The van der Waals surface area contributed by atoms with E-state index in [0.717, 1.165) is 31.5 Å². The number of hydrogen-bond donors (Lipinski definition) is 1. The summed E-state index contributed by atoms with van der Waals surface area (Å²) in [7, 11) is 0. The van der Waals surface area contributed by atoms with Gasteiger partial charge in [-0.2, -0.15) is 0 Å². The van der Waals surface area contributed by atoms with E-state index in [1.807, 2.05) is 17.9 Å². The fourth-order valence-electron chi connectivity index (χ4n) is 2.97. The van der Waals surface area contributed by atoms with Crippen molar-refractivity contribution >= 4 is 18.3 Å². The van der Waals surface area contributed by atoms with Crippen molar-refractivity contribution < 1.29 is 9.18 Å². The van der Waals surface area contributed by atoms with Gasteiger partial charge in [-0.3, -0.25) is 4.79 Å². The van der Waals surface area contributed by atoms with Gasteiger partial charge in [0.1, 0.15) is 5.82 Å². The van der Waals surface area contributed by atoms with Crippen LogP contribution in [0.25, 0.3) is 0 Å². The first-order chi connectivity index (χ1) is 9.92. The van der Waals surface area contributed by atoms with Gasteiger partial charge in [0.05, 0.1) is 0 Å². The molecule has 1 saturated heterocycles. The SMILES string of the molecule is CC(CC(=O)N1CCC(C)(CN)C1)Cc1cccc(F)c1.Cl. The van der Waals surface area contributed by atoms with Crippen LogP contribution in [0.4, 0.5) is 4.39 Å². The Labute approximate surface area is 138 Å². The fraction of sp³-hybridized carbons (Fsp3) is 0.588. The Balaban J connectivity index is 0.00000242. The van der Waals surface area contributed by atoms with Crippen LogP contribution in [-0.4, -0.2) is 30.4 Å². The predicted octanol–water partition coefficient (Wildman–Crippen LogP) is 3.01. The average molecular weight is 329 g/mol. The molecule has 1 heterocycles. The van der Waals surface area contributed by atoms with Gasteiger partial charge in [0, 0.05) is 19.5 Å². The maximum atomic E-state index is 13.2. The number of nitrogens with two attached hydrogens (primary N) is 1. The first kappa shape index (κ1) is 18.9. The Morgan fingerprint density at radius 3 is 2.82 bits per heavy atom. The molecule has 0 aliphatic carbocycles. The van der Waals surface area contributed by atoms with Crippen LogP contribution in [0, 0.1) is 17.2 Å². The molecule has 2 rings (SSSR count). The Hall–Kier alpha value is -1.13. The lowest BCUT2D eigenvalue weighted by Gasteiger charge is -2.23. The number of carbonyl (C=O) groups is 1. The van der Waals surface area contributed by atoms with Crippen molar-refractivity contribution in [3.05, 3.63) is 35.6 Å². The number of carbonyl (C=O) groups excluding carboxylic acids is 1. The molecule has 0 aromatic heterocycles. The van der Waals surface area contributed by atoms with E-state index < -0.39 is 0 Å². The summed E-state index contributed by atoms with van der Waals surface area (Å²) < 4.78 is 13.2. The zero-order valence-electron chi connectivity index (χ0n) is 13.3. The minimum Gasteiger partial charge on any atom is -0.342 e. The second kappa shape index (κ2) is 7.93. The molecule has 1 aromatic rings. The molecule has 0 radical (unpaired) electrons. The Kier molecular flexibility index (Phi) is 6.82. The first-order valence-corrected chi connectivity index (χ1v) is 7.64. The van der Waals surface area contributed by atoms with Crippen LogP contribution >= 0.6 is 12.4 Å². The van der Waals surface area contributed by atoms with E-state index in [4.69, 9.17) is 5.73 Å². The monoisotopic (exact) mass is 328 g/mol. The summed E-state index contributed by atoms with van der Waals surface area (Å²) in [5.41, 5.74) is 6.79. The lowest BCUT2D eigenvalue weighted by atomic mass is 9.90. The molecule has 1 amide bonds. The molecule has 1 fully saturated rings. The van der Waals surface area contributed by atoms with E-state index in [1.54, 1.807) is 12.1 Å². The van der Waals surface area contributed by atoms with Crippen molar-refractivity contribution in [3.8, 4) is 0 Å². The van der Waals surface area contributed by atoms with Gasteiger partial charge in [0.2, 0.25) is 5.91 Å². The maximum absolute atomic E-state index is 13.2. The molecule has 2 unspecified atom stereocenters. The van der Waals surface area contributed by atoms with Gasteiger partial charge in [-0.05, 0) is 48.4 Å². The number of rotatable bonds is 5. The van der Waals surface area contributed by atoms with Gasteiger partial charge in [-0.25, -0.2) is 4.39 Å². The molecule has 3 nitrogen and oxygen atoms in total. The van der Waals surface area contributed by atoms with Crippen LogP contribution in [0.3, 0.4) is 0 Å². The molecule has 124 valence electrons. The maximum Gasteiger partial charge on any atom is 0.222 e. The van der Waals surface area contributed by atoms with Crippen LogP contribution in [0.15, 0.2) is 24.3 Å².